The molecule has 0 aliphatic carbocycles. The lowest BCUT2D eigenvalue weighted by molar-refractivity contribution is -0.120. The van der Waals surface area contributed by atoms with Crippen molar-refractivity contribution in [3.05, 3.63) is 48.2 Å². The summed E-state index contributed by atoms with van der Waals surface area (Å²) in [5.41, 5.74) is 7.14. The average Bonchev–Trinajstić information content (AvgIpc) is 2.99. The molecular weight excluding hydrogens is 361 g/mol. The van der Waals surface area contributed by atoms with Gasteiger partial charge in [0.2, 0.25) is 5.91 Å². The summed E-state index contributed by atoms with van der Waals surface area (Å²) in [5, 5.41) is 7.19. The molecule has 2 aromatic rings. The Labute approximate surface area is 161 Å². The van der Waals surface area contributed by atoms with Crippen LogP contribution in [0.2, 0.25) is 0 Å². The minimum Gasteiger partial charge on any atom is -0.323 e. The molecule has 0 fully saturated rings. The Hall–Kier alpha value is -1.60. The Morgan fingerprint density at radius 1 is 1.24 bits per heavy atom. The fraction of sp³-hybridized carbons (Fsp3) is 0.412. The topological polar surface area (TPSA) is 76.2 Å². The first-order valence-electron chi connectivity index (χ1n) is 7.77. The van der Waals surface area contributed by atoms with Gasteiger partial charge in [0.1, 0.15) is 0 Å². The summed E-state index contributed by atoms with van der Waals surface area (Å²) in [6.45, 7) is 3.50. The standard InChI is InChI=1S/C17H25N5O.2ClH/c1-13(16(18)14-7-5-4-6-8-14)17(23)19-15-9-10-22(20-15)12-11-21(2)3;;/h4-10,13,16H,11-12,18H2,1-3H3,(H,19,20,23);2*1H. The highest BCUT2D eigenvalue weighted by Crippen LogP contribution is 2.20. The third-order valence-corrected chi connectivity index (χ3v) is 3.80. The van der Waals surface area contributed by atoms with Gasteiger partial charge in [0.05, 0.1) is 12.5 Å². The second-order valence-electron chi connectivity index (χ2n) is 5.98. The van der Waals surface area contributed by atoms with Crippen molar-refractivity contribution in [2.24, 2.45) is 11.7 Å². The molecule has 0 bridgehead atoms. The largest absolute Gasteiger partial charge is 0.323 e. The number of carbonyl (C=O) groups excluding carboxylic acids is 1. The van der Waals surface area contributed by atoms with E-state index in [4.69, 9.17) is 5.73 Å². The third-order valence-electron chi connectivity index (χ3n) is 3.80. The van der Waals surface area contributed by atoms with Crippen molar-refractivity contribution in [1.29, 1.82) is 0 Å². The molecule has 0 spiro atoms. The summed E-state index contributed by atoms with van der Waals surface area (Å²) >= 11 is 0. The van der Waals surface area contributed by atoms with Crippen LogP contribution in [0.5, 0.6) is 0 Å². The first-order valence-corrected chi connectivity index (χ1v) is 7.77. The van der Waals surface area contributed by atoms with E-state index >= 15 is 0 Å². The number of benzene rings is 1. The van der Waals surface area contributed by atoms with Crippen LogP contribution in [-0.4, -0.2) is 41.2 Å². The maximum absolute atomic E-state index is 12.4. The molecule has 0 aliphatic rings. The van der Waals surface area contributed by atoms with Crippen LogP contribution >= 0.6 is 24.8 Å². The molecule has 6 nitrogen and oxygen atoms in total. The van der Waals surface area contributed by atoms with E-state index in [0.29, 0.717) is 5.82 Å². The van der Waals surface area contributed by atoms with E-state index in [9.17, 15) is 4.79 Å². The number of hydrogen-bond donors (Lipinski definition) is 2. The van der Waals surface area contributed by atoms with Gasteiger partial charge in [0.15, 0.2) is 5.82 Å². The number of amides is 1. The summed E-state index contributed by atoms with van der Waals surface area (Å²) < 4.78 is 1.82. The Morgan fingerprint density at radius 3 is 2.48 bits per heavy atom. The summed E-state index contributed by atoms with van der Waals surface area (Å²) in [5.74, 6) is 0.0874. The zero-order chi connectivity index (χ0) is 16.8. The van der Waals surface area contributed by atoms with E-state index in [1.807, 2.05) is 62.2 Å². The quantitative estimate of drug-likeness (QED) is 0.765. The fourth-order valence-corrected chi connectivity index (χ4v) is 2.22. The van der Waals surface area contributed by atoms with Gasteiger partial charge in [0, 0.05) is 24.8 Å². The Balaban J connectivity index is 0.00000288. The number of carbonyl (C=O) groups is 1. The van der Waals surface area contributed by atoms with Crippen LogP contribution in [0.4, 0.5) is 5.82 Å². The molecule has 1 heterocycles. The Bertz CT molecular complexity index is 633. The van der Waals surface area contributed by atoms with Gasteiger partial charge in [-0.2, -0.15) is 5.10 Å². The molecule has 1 aromatic carbocycles. The fourth-order valence-electron chi connectivity index (χ4n) is 2.22. The van der Waals surface area contributed by atoms with E-state index in [1.54, 1.807) is 6.07 Å². The van der Waals surface area contributed by atoms with Gasteiger partial charge in [-0.3, -0.25) is 9.48 Å². The van der Waals surface area contributed by atoms with Gasteiger partial charge in [0.25, 0.3) is 0 Å². The van der Waals surface area contributed by atoms with Gasteiger partial charge in [-0.15, -0.1) is 24.8 Å². The normalized spacial score (nSPS) is 12.7. The highest BCUT2D eigenvalue weighted by Gasteiger charge is 2.22. The number of likely N-dealkylation sites (N-methyl/N-ethyl adjacent to an activating group) is 1. The second-order valence-corrected chi connectivity index (χ2v) is 5.98. The number of rotatable bonds is 7. The molecule has 3 N–H and O–H groups in total. The minimum atomic E-state index is -0.343. The van der Waals surface area contributed by atoms with Gasteiger partial charge in [-0.25, -0.2) is 0 Å². The Morgan fingerprint density at radius 2 is 1.88 bits per heavy atom. The van der Waals surface area contributed by atoms with Gasteiger partial charge in [-0.1, -0.05) is 37.3 Å². The number of halogens is 2. The van der Waals surface area contributed by atoms with Crippen molar-refractivity contribution >= 4 is 36.5 Å². The molecule has 140 valence electrons. The zero-order valence-corrected chi connectivity index (χ0v) is 16.4. The molecule has 8 heteroatoms. The van der Waals surface area contributed by atoms with Crippen LogP contribution < -0.4 is 11.1 Å². The van der Waals surface area contributed by atoms with Crippen molar-refractivity contribution in [3.8, 4) is 0 Å². The van der Waals surface area contributed by atoms with E-state index in [2.05, 4.69) is 15.3 Å². The molecule has 1 amide bonds. The molecule has 0 saturated heterocycles. The number of anilines is 1. The van der Waals surface area contributed by atoms with Crippen LogP contribution in [0.25, 0.3) is 0 Å². The van der Waals surface area contributed by atoms with Crippen LogP contribution in [0.3, 0.4) is 0 Å². The first-order chi connectivity index (χ1) is 11.0. The second kappa shape index (κ2) is 11.1. The van der Waals surface area contributed by atoms with Gasteiger partial charge < -0.3 is 16.0 Å². The van der Waals surface area contributed by atoms with Crippen LogP contribution in [-0.2, 0) is 11.3 Å². The molecular formula is C17H27Cl2N5O. The van der Waals surface area contributed by atoms with E-state index in [-0.39, 0.29) is 42.7 Å². The first kappa shape index (κ1) is 23.4. The zero-order valence-electron chi connectivity index (χ0n) is 14.8. The van der Waals surface area contributed by atoms with Gasteiger partial charge in [-0.05, 0) is 19.7 Å². The minimum absolute atomic E-state index is 0. The summed E-state index contributed by atoms with van der Waals surface area (Å²) in [6, 6.07) is 11.1. The van der Waals surface area contributed by atoms with Crippen molar-refractivity contribution in [1.82, 2.24) is 14.7 Å². The van der Waals surface area contributed by atoms with E-state index in [0.717, 1.165) is 18.7 Å². The number of nitrogens with one attached hydrogen (secondary N) is 1. The highest BCUT2D eigenvalue weighted by atomic mass is 35.5. The monoisotopic (exact) mass is 387 g/mol. The maximum Gasteiger partial charge on any atom is 0.230 e. The van der Waals surface area contributed by atoms with Crippen LogP contribution in [0.1, 0.15) is 18.5 Å². The summed E-state index contributed by atoms with van der Waals surface area (Å²) in [7, 11) is 4.03. The lowest BCUT2D eigenvalue weighted by Gasteiger charge is -2.19. The summed E-state index contributed by atoms with van der Waals surface area (Å²) in [6.07, 6.45) is 1.86. The van der Waals surface area contributed by atoms with Crippen LogP contribution in [0.15, 0.2) is 42.6 Å². The van der Waals surface area contributed by atoms with Crippen LogP contribution in [0, 0.1) is 5.92 Å². The number of nitrogens with zero attached hydrogens (tertiary/aromatic N) is 3. The molecule has 1 aromatic heterocycles. The predicted molar refractivity (Wildman–Crippen MR) is 106 cm³/mol. The summed E-state index contributed by atoms with van der Waals surface area (Å²) in [4.78, 5) is 14.4. The molecule has 2 atom stereocenters. The van der Waals surface area contributed by atoms with Crippen molar-refractivity contribution in [2.45, 2.75) is 19.5 Å². The molecule has 0 radical (unpaired) electrons. The lowest BCUT2D eigenvalue weighted by Crippen LogP contribution is -2.30. The van der Waals surface area contributed by atoms with E-state index in [1.165, 1.54) is 0 Å². The van der Waals surface area contributed by atoms with Gasteiger partial charge >= 0.3 is 0 Å². The Kier molecular flexibility index (Phi) is 10.4. The van der Waals surface area contributed by atoms with Crippen molar-refractivity contribution in [3.63, 3.8) is 0 Å². The highest BCUT2D eigenvalue weighted by molar-refractivity contribution is 5.91. The number of nitrogens with two attached hydrogens (primary N) is 1. The molecule has 2 rings (SSSR count). The van der Waals surface area contributed by atoms with E-state index < -0.39 is 0 Å². The predicted octanol–water partition coefficient (Wildman–Crippen LogP) is 2.56. The maximum atomic E-state index is 12.4. The van der Waals surface area contributed by atoms with Crippen molar-refractivity contribution in [2.75, 3.05) is 26.0 Å². The third kappa shape index (κ3) is 7.04. The molecule has 25 heavy (non-hydrogen) atoms. The SMILES string of the molecule is CC(C(=O)Nc1ccn(CCN(C)C)n1)C(N)c1ccccc1.Cl.Cl. The number of hydrogen-bond acceptors (Lipinski definition) is 4. The lowest BCUT2D eigenvalue weighted by atomic mass is 9.95. The number of aromatic nitrogens is 2. The van der Waals surface area contributed by atoms with Crippen molar-refractivity contribution < 1.29 is 4.79 Å². The average molecular weight is 388 g/mol. The molecule has 2 unspecified atom stereocenters. The molecule has 0 aliphatic heterocycles. The smallest absolute Gasteiger partial charge is 0.230 e. The molecule has 0 saturated carbocycles.